The molecule has 1 N–H and O–H groups in total. The summed E-state index contributed by atoms with van der Waals surface area (Å²) in [5.41, 5.74) is 3.63. The molecule has 0 fully saturated rings. The Morgan fingerprint density at radius 2 is 1.76 bits per heavy atom. The maximum atomic E-state index is 13.4. The Morgan fingerprint density at radius 1 is 1.00 bits per heavy atom. The summed E-state index contributed by atoms with van der Waals surface area (Å²) in [6.45, 7) is 2.44. The number of carbonyl (C=O) groups is 1. The molecule has 3 aromatic rings. The molecule has 0 saturated carbocycles. The third kappa shape index (κ3) is 3.18. The molecule has 5 heteroatoms. The molecule has 0 bridgehead atoms. The number of rotatable bonds is 4. The van der Waals surface area contributed by atoms with Crippen LogP contribution in [0.2, 0.25) is 0 Å². The number of nitrogens with zero attached hydrogens (tertiary/aromatic N) is 1. The van der Waals surface area contributed by atoms with Gasteiger partial charge in [0.2, 0.25) is 6.79 Å². The molecule has 0 unspecified atom stereocenters. The van der Waals surface area contributed by atoms with Crippen LogP contribution >= 0.6 is 0 Å². The molecular formula is C24H22N2O3. The van der Waals surface area contributed by atoms with Crippen molar-refractivity contribution in [2.45, 2.75) is 19.5 Å². The molecule has 0 saturated heterocycles. The zero-order valence-corrected chi connectivity index (χ0v) is 16.2. The molecule has 1 amide bonds. The number of nitrogens with one attached hydrogen (secondary N) is 1. The standard InChI is InChI=1S/C24H22N2O3/c1-16(13-17-11-12-21-22(14-17)29-15-28-21)23-25-20-10-6-5-9-19(20)24(27)26(23)18-7-3-2-4-8-18/h2-12,14,16,23,25H,13,15H2,1H3/t16-,23-/m0/s1. The van der Waals surface area contributed by atoms with Gasteiger partial charge in [-0.1, -0.05) is 43.3 Å². The van der Waals surface area contributed by atoms with Gasteiger partial charge in [-0.3, -0.25) is 9.69 Å². The molecule has 0 aromatic heterocycles. The Balaban J connectivity index is 1.48. The van der Waals surface area contributed by atoms with E-state index in [1.54, 1.807) is 0 Å². The highest BCUT2D eigenvalue weighted by atomic mass is 16.7. The molecule has 2 heterocycles. The van der Waals surface area contributed by atoms with Gasteiger partial charge < -0.3 is 14.8 Å². The normalized spacial score (nSPS) is 18.2. The summed E-state index contributed by atoms with van der Waals surface area (Å²) in [4.78, 5) is 15.3. The number of hydrogen-bond acceptors (Lipinski definition) is 4. The zero-order valence-electron chi connectivity index (χ0n) is 16.2. The van der Waals surface area contributed by atoms with Crippen molar-refractivity contribution in [2.75, 3.05) is 17.0 Å². The van der Waals surface area contributed by atoms with E-state index in [1.165, 1.54) is 0 Å². The molecule has 0 radical (unpaired) electrons. The summed E-state index contributed by atoms with van der Waals surface area (Å²) in [7, 11) is 0. The lowest BCUT2D eigenvalue weighted by Gasteiger charge is -2.41. The average Bonchev–Trinajstić information content (AvgIpc) is 3.22. The summed E-state index contributed by atoms with van der Waals surface area (Å²) in [5, 5.41) is 3.60. The average molecular weight is 386 g/mol. The molecule has 5 rings (SSSR count). The van der Waals surface area contributed by atoms with Gasteiger partial charge >= 0.3 is 0 Å². The van der Waals surface area contributed by atoms with Crippen LogP contribution in [-0.4, -0.2) is 18.9 Å². The van der Waals surface area contributed by atoms with Crippen molar-refractivity contribution in [2.24, 2.45) is 5.92 Å². The highest BCUT2D eigenvalue weighted by Gasteiger charge is 2.36. The second kappa shape index (κ2) is 7.17. The van der Waals surface area contributed by atoms with Crippen molar-refractivity contribution in [3.8, 4) is 11.5 Å². The van der Waals surface area contributed by atoms with E-state index in [1.807, 2.05) is 71.6 Å². The lowest BCUT2D eigenvalue weighted by atomic mass is 9.94. The van der Waals surface area contributed by atoms with E-state index in [4.69, 9.17) is 9.47 Å². The van der Waals surface area contributed by atoms with Crippen LogP contribution in [0.3, 0.4) is 0 Å². The Labute approximate surface area is 169 Å². The van der Waals surface area contributed by atoms with Crippen LogP contribution in [0, 0.1) is 5.92 Å². The summed E-state index contributed by atoms with van der Waals surface area (Å²) >= 11 is 0. The molecule has 2 atom stereocenters. The molecule has 3 aromatic carbocycles. The highest BCUT2D eigenvalue weighted by molar-refractivity contribution is 6.12. The molecule has 2 aliphatic heterocycles. The van der Waals surface area contributed by atoms with E-state index in [0.29, 0.717) is 5.56 Å². The number of anilines is 2. The minimum atomic E-state index is -0.162. The summed E-state index contributed by atoms with van der Waals surface area (Å²) in [5.74, 6) is 1.75. The van der Waals surface area contributed by atoms with Crippen LogP contribution < -0.4 is 19.7 Å². The van der Waals surface area contributed by atoms with E-state index in [0.717, 1.165) is 34.9 Å². The van der Waals surface area contributed by atoms with Crippen molar-refractivity contribution in [3.05, 3.63) is 83.9 Å². The Hall–Kier alpha value is -3.47. The van der Waals surface area contributed by atoms with Gasteiger partial charge in [-0.25, -0.2) is 0 Å². The highest BCUT2D eigenvalue weighted by Crippen LogP contribution is 2.36. The molecule has 5 nitrogen and oxygen atoms in total. The van der Waals surface area contributed by atoms with Gasteiger partial charge in [0.15, 0.2) is 11.5 Å². The van der Waals surface area contributed by atoms with Crippen molar-refractivity contribution >= 4 is 17.3 Å². The smallest absolute Gasteiger partial charge is 0.262 e. The largest absolute Gasteiger partial charge is 0.454 e. The van der Waals surface area contributed by atoms with Crippen LogP contribution in [0.15, 0.2) is 72.8 Å². The van der Waals surface area contributed by atoms with Gasteiger partial charge in [-0.15, -0.1) is 0 Å². The number of ether oxygens (including phenoxy) is 2. The van der Waals surface area contributed by atoms with E-state index in [2.05, 4.69) is 18.3 Å². The number of amides is 1. The van der Waals surface area contributed by atoms with Gasteiger partial charge in [0.1, 0.15) is 6.17 Å². The third-order valence-corrected chi connectivity index (χ3v) is 5.53. The number of carbonyl (C=O) groups excluding carboxylic acids is 1. The van der Waals surface area contributed by atoms with Gasteiger partial charge in [-0.2, -0.15) is 0 Å². The van der Waals surface area contributed by atoms with Crippen LogP contribution in [0.1, 0.15) is 22.8 Å². The number of fused-ring (bicyclic) bond motifs is 2. The number of hydrogen-bond donors (Lipinski definition) is 1. The first-order valence-electron chi connectivity index (χ1n) is 9.83. The minimum absolute atomic E-state index is 0.0214. The molecule has 0 aliphatic carbocycles. The quantitative estimate of drug-likeness (QED) is 0.707. The fourth-order valence-corrected chi connectivity index (χ4v) is 4.09. The van der Waals surface area contributed by atoms with Crippen LogP contribution in [-0.2, 0) is 6.42 Å². The predicted molar refractivity (Wildman–Crippen MR) is 113 cm³/mol. The van der Waals surface area contributed by atoms with Crippen molar-refractivity contribution < 1.29 is 14.3 Å². The summed E-state index contributed by atoms with van der Waals surface area (Å²) in [6, 6.07) is 23.6. The molecular weight excluding hydrogens is 364 g/mol. The lowest BCUT2D eigenvalue weighted by Crippen LogP contribution is -2.52. The van der Waals surface area contributed by atoms with E-state index < -0.39 is 0 Å². The van der Waals surface area contributed by atoms with Crippen LogP contribution in [0.5, 0.6) is 11.5 Å². The Bertz CT molecular complexity index is 1050. The molecule has 2 aliphatic rings. The Kier molecular flexibility index (Phi) is 4.35. The first kappa shape index (κ1) is 17.6. The van der Waals surface area contributed by atoms with Gasteiger partial charge in [0.25, 0.3) is 5.91 Å². The number of benzene rings is 3. The topological polar surface area (TPSA) is 50.8 Å². The van der Waals surface area contributed by atoms with Crippen LogP contribution in [0.4, 0.5) is 11.4 Å². The number of para-hydroxylation sites is 2. The second-order valence-electron chi connectivity index (χ2n) is 7.51. The molecule has 146 valence electrons. The lowest BCUT2D eigenvalue weighted by molar-refractivity contribution is 0.0967. The molecule has 0 spiro atoms. The maximum absolute atomic E-state index is 13.4. The van der Waals surface area contributed by atoms with Crippen molar-refractivity contribution in [1.29, 1.82) is 0 Å². The fourth-order valence-electron chi connectivity index (χ4n) is 4.09. The Morgan fingerprint density at radius 3 is 2.62 bits per heavy atom. The van der Waals surface area contributed by atoms with Gasteiger partial charge in [0, 0.05) is 11.4 Å². The van der Waals surface area contributed by atoms with E-state index >= 15 is 0 Å². The third-order valence-electron chi connectivity index (χ3n) is 5.53. The van der Waals surface area contributed by atoms with Crippen LogP contribution in [0.25, 0.3) is 0 Å². The van der Waals surface area contributed by atoms with Gasteiger partial charge in [0.05, 0.1) is 5.56 Å². The van der Waals surface area contributed by atoms with Gasteiger partial charge in [-0.05, 0) is 54.3 Å². The first-order valence-corrected chi connectivity index (χ1v) is 9.83. The SMILES string of the molecule is C[C@@H](Cc1ccc2c(c1)OCO2)[C@H]1Nc2ccccc2C(=O)N1c1ccccc1. The molecule has 29 heavy (non-hydrogen) atoms. The van der Waals surface area contributed by atoms with E-state index in [9.17, 15) is 4.79 Å². The first-order chi connectivity index (χ1) is 14.2. The maximum Gasteiger partial charge on any atom is 0.262 e. The summed E-state index contributed by atoms with van der Waals surface area (Å²) < 4.78 is 10.9. The fraction of sp³-hybridized carbons (Fsp3) is 0.208. The van der Waals surface area contributed by atoms with Crippen molar-refractivity contribution in [1.82, 2.24) is 0 Å². The second-order valence-corrected chi connectivity index (χ2v) is 7.51. The van der Waals surface area contributed by atoms with Crippen molar-refractivity contribution in [3.63, 3.8) is 0 Å². The zero-order chi connectivity index (χ0) is 19.8. The monoisotopic (exact) mass is 386 g/mol. The van der Waals surface area contributed by atoms with E-state index in [-0.39, 0.29) is 24.8 Å². The summed E-state index contributed by atoms with van der Waals surface area (Å²) in [6.07, 6.45) is 0.637. The minimum Gasteiger partial charge on any atom is -0.454 e. The predicted octanol–water partition coefficient (Wildman–Crippen LogP) is 4.69.